The standard InChI is InChI=1S/C15H13Cl3N2O2/c16-10-4-1-3-9(7-10)13(21)8-19-15(22)20-12-6-2-5-11(17)14(12)18/h1-7,13,21H,8H2,(H2,19,20,22). The number of amides is 2. The summed E-state index contributed by atoms with van der Waals surface area (Å²) in [7, 11) is 0. The first-order chi connectivity index (χ1) is 10.5. The topological polar surface area (TPSA) is 61.4 Å². The molecule has 116 valence electrons. The minimum Gasteiger partial charge on any atom is -0.387 e. The molecule has 0 bridgehead atoms. The van der Waals surface area contributed by atoms with Crippen molar-refractivity contribution in [1.29, 1.82) is 0 Å². The molecule has 0 fully saturated rings. The summed E-state index contributed by atoms with van der Waals surface area (Å²) in [5.74, 6) is 0. The number of aliphatic hydroxyl groups excluding tert-OH is 1. The normalized spacial score (nSPS) is 11.8. The molecule has 0 heterocycles. The van der Waals surface area contributed by atoms with Crippen LogP contribution in [0.1, 0.15) is 11.7 Å². The number of urea groups is 1. The van der Waals surface area contributed by atoms with Gasteiger partial charge in [-0.2, -0.15) is 0 Å². The van der Waals surface area contributed by atoms with Crippen LogP contribution in [0.3, 0.4) is 0 Å². The molecule has 0 saturated carbocycles. The number of rotatable bonds is 4. The van der Waals surface area contributed by atoms with E-state index in [9.17, 15) is 9.90 Å². The number of carbonyl (C=O) groups is 1. The third-order valence-electron chi connectivity index (χ3n) is 2.89. The highest BCUT2D eigenvalue weighted by atomic mass is 35.5. The van der Waals surface area contributed by atoms with Gasteiger partial charge in [0.2, 0.25) is 0 Å². The van der Waals surface area contributed by atoms with Crippen LogP contribution in [-0.2, 0) is 0 Å². The fraction of sp³-hybridized carbons (Fsp3) is 0.133. The molecule has 4 nitrogen and oxygen atoms in total. The smallest absolute Gasteiger partial charge is 0.319 e. The van der Waals surface area contributed by atoms with Crippen LogP contribution in [0.15, 0.2) is 42.5 Å². The molecule has 0 aliphatic heterocycles. The van der Waals surface area contributed by atoms with E-state index in [0.717, 1.165) is 0 Å². The summed E-state index contributed by atoms with van der Waals surface area (Å²) < 4.78 is 0. The average molecular weight is 360 g/mol. The zero-order valence-corrected chi connectivity index (χ0v) is 13.6. The summed E-state index contributed by atoms with van der Waals surface area (Å²) in [5.41, 5.74) is 1.01. The molecular weight excluding hydrogens is 347 g/mol. The minimum absolute atomic E-state index is 0.0321. The summed E-state index contributed by atoms with van der Waals surface area (Å²) >= 11 is 17.7. The first-order valence-electron chi connectivity index (χ1n) is 6.40. The first-order valence-corrected chi connectivity index (χ1v) is 7.53. The fourth-order valence-corrected chi connectivity index (χ4v) is 2.33. The molecular formula is C15H13Cl3N2O2. The van der Waals surface area contributed by atoms with E-state index in [-0.39, 0.29) is 11.6 Å². The summed E-state index contributed by atoms with van der Waals surface area (Å²) in [6.07, 6.45) is -0.862. The molecule has 0 radical (unpaired) electrons. The van der Waals surface area contributed by atoms with E-state index in [1.165, 1.54) is 0 Å². The monoisotopic (exact) mass is 358 g/mol. The Kier molecular flexibility index (Phi) is 5.91. The van der Waals surface area contributed by atoms with E-state index in [1.54, 1.807) is 42.5 Å². The summed E-state index contributed by atoms with van der Waals surface area (Å²) in [4.78, 5) is 11.8. The van der Waals surface area contributed by atoms with Crippen LogP contribution in [0.5, 0.6) is 0 Å². The molecule has 0 aromatic heterocycles. The maximum atomic E-state index is 11.8. The molecule has 3 N–H and O–H groups in total. The van der Waals surface area contributed by atoms with E-state index in [4.69, 9.17) is 34.8 Å². The number of halogens is 3. The van der Waals surface area contributed by atoms with Crippen molar-refractivity contribution in [2.24, 2.45) is 0 Å². The van der Waals surface area contributed by atoms with E-state index in [0.29, 0.717) is 21.3 Å². The molecule has 1 unspecified atom stereocenters. The molecule has 2 aromatic carbocycles. The number of benzene rings is 2. The Hall–Kier alpha value is -1.46. The van der Waals surface area contributed by atoms with E-state index in [2.05, 4.69) is 10.6 Å². The van der Waals surface area contributed by atoms with Gasteiger partial charge in [0.25, 0.3) is 0 Å². The minimum atomic E-state index is -0.862. The van der Waals surface area contributed by atoms with Crippen molar-refractivity contribution in [2.75, 3.05) is 11.9 Å². The second kappa shape index (κ2) is 7.70. The van der Waals surface area contributed by atoms with E-state index in [1.807, 2.05) is 0 Å². The molecule has 0 aliphatic carbocycles. The predicted molar refractivity (Wildman–Crippen MR) is 89.9 cm³/mol. The van der Waals surface area contributed by atoms with Gasteiger partial charge in [-0.25, -0.2) is 4.79 Å². The lowest BCUT2D eigenvalue weighted by atomic mass is 10.1. The third-order valence-corrected chi connectivity index (χ3v) is 3.94. The van der Waals surface area contributed by atoms with Gasteiger partial charge in [0.15, 0.2) is 0 Å². The van der Waals surface area contributed by atoms with Crippen LogP contribution < -0.4 is 10.6 Å². The first kappa shape index (κ1) is 16.9. The number of aliphatic hydroxyl groups is 1. The Morgan fingerprint density at radius 3 is 2.59 bits per heavy atom. The van der Waals surface area contributed by atoms with Gasteiger partial charge >= 0.3 is 6.03 Å². The van der Waals surface area contributed by atoms with Gasteiger partial charge < -0.3 is 15.7 Å². The number of carbonyl (C=O) groups excluding carboxylic acids is 1. The van der Waals surface area contributed by atoms with Crippen LogP contribution in [0.4, 0.5) is 10.5 Å². The van der Waals surface area contributed by atoms with Gasteiger partial charge in [0, 0.05) is 11.6 Å². The van der Waals surface area contributed by atoms with E-state index >= 15 is 0 Å². The van der Waals surface area contributed by atoms with Gasteiger partial charge in [0.05, 0.1) is 21.8 Å². The fourth-order valence-electron chi connectivity index (χ4n) is 1.79. The molecule has 0 aliphatic rings. The number of hydrogen-bond donors (Lipinski definition) is 3. The summed E-state index contributed by atoms with van der Waals surface area (Å²) in [6.45, 7) is 0.0321. The Morgan fingerprint density at radius 2 is 1.86 bits per heavy atom. The number of hydrogen-bond acceptors (Lipinski definition) is 2. The van der Waals surface area contributed by atoms with Crippen molar-refractivity contribution in [3.63, 3.8) is 0 Å². The highest BCUT2D eigenvalue weighted by molar-refractivity contribution is 6.43. The van der Waals surface area contributed by atoms with Crippen molar-refractivity contribution >= 4 is 46.5 Å². The molecule has 22 heavy (non-hydrogen) atoms. The van der Waals surface area contributed by atoms with E-state index < -0.39 is 12.1 Å². The molecule has 2 amide bonds. The maximum absolute atomic E-state index is 11.8. The summed E-state index contributed by atoms with van der Waals surface area (Å²) in [5, 5.41) is 16.3. The zero-order chi connectivity index (χ0) is 16.1. The molecule has 2 rings (SSSR count). The Bertz CT molecular complexity index is 680. The lowest BCUT2D eigenvalue weighted by Crippen LogP contribution is -2.32. The van der Waals surface area contributed by atoms with Crippen molar-refractivity contribution < 1.29 is 9.90 Å². The van der Waals surface area contributed by atoms with Crippen LogP contribution in [0.25, 0.3) is 0 Å². The third kappa shape index (κ3) is 4.52. The lowest BCUT2D eigenvalue weighted by Gasteiger charge is -2.14. The molecule has 7 heteroatoms. The molecule has 0 spiro atoms. The molecule has 0 saturated heterocycles. The Labute approximate surface area is 143 Å². The highest BCUT2D eigenvalue weighted by Gasteiger charge is 2.11. The Balaban J connectivity index is 1.91. The predicted octanol–water partition coefficient (Wildman–Crippen LogP) is 4.50. The molecule has 1 atom stereocenters. The van der Waals surface area contributed by atoms with Crippen molar-refractivity contribution in [3.8, 4) is 0 Å². The summed E-state index contributed by atoms with van der Waals surface area (Å²) in [6, 6.07) is 11.2. The van der Waals surface area contributed by atoms with Gasteiger partial charge in [-0.05, 0) is 29.8 Å². The SMILES string of the molecule is O=C(NCC(O)c1cccc(Cl)c1)Nc1cccc(Cl)c1Cl. The highest BCUT2D eigenvalue weighted by Crippen LogP contribution is 2.29. The van der Waals surface area contributed by atoms with Crippen LogP contribution in [0, 0.1) is 0 Å². The maximum Gasteiger partial charge on any atom is 0.319 e. The van der Waals surface area contributed by atoms with Gasteiger partial charge in [-0.15, -0.1) is 0 Å². The van der Waals surface area contributed by atoms with Crippen LogP contribution in [-0.4, -0.2) is 17.7 Å². The van der Waals surface area contributed by atoms with Crippen LogP contribution in [0.2, 0.25) is 15.1 Å². The second-order valence-corrected chi connectivity index (χ2v) is 5.73. The molecule has 2 aromatic rings. The lowest BCUT2D eigenvalue weighted by molar-refractivity contribution is 0.175. The second-order valence-electron chi connectivity index (χ2n) is 4.51. The Morgan fingerprint density at radius 1 is 1.14 bits per heavy atom. The van der Waals surface area contributed by atoms with Crippen molar-refractivity contribution in [1.82, 2.24) is 5.32 Å². The largest absolute Gasteiger partial charge is 0.387 e. The number of anilines is 1. The van der Waals surface area contributed by atoms with Gasteiger partial charge in [-0.3, -0.25) is 0 Å². The van der Waals surface area contributed by atoms with Gasteiger partial charge in [0.1, 0.15) is 0 Å². The van der Waals surface area contributed by atoms with Crippen molar-refractivity contribution in [3.05, 3.63) is 63.1 Å². The average Bonchev–Trinajstić information content (AvgIpc) is 2.49. The zero-order valence-electron chi connectivity index (χ0n) is 11.3. The van der Waals surface area contributed by atoms with Crippen LogP contribution >= 0.6 is 34.8 Å². The quantitative estimate of drug-likeness (QED) is 0.752. The van der Waals surface area contributed by atoms with Gasteiger partial charge in [-0.1, -0.05) is 53.0 Å². The van der Waals surface area contributed by atoms with Crippen molar-refractivity contribution in [2.45, 2.75) is 6.10 Å². The number of nitrogens with one attached hydrogen (secondary N) is 2.